The second-order valence-corrected chi connectivity index (χ2v) is 13.0. The minimum Gasteiger partial charge on any atom is -0.340 e. The summed E-state index contributed by atoms with van der Waals surface area (Å²) in [4.78, 5) is 9.38. The van der Waals surface area contributed by atoms with Gasteiger partial charge < -0.3 is 4.57 Å². The van der Waals surface area contributed by atoms with Crippen LogP contribution in [0.2, 0.25) is 18.1 Å². The molecule has 4 rings (SSSR count). The van der Waals surface area contributed by atoms with Crippen molar-refractivity contribution in [2.24, 2.45) is 0 Å². The Morgan fingerprint density at radius 2 is 1.48 bits per heavy atom. The zero-order valence-corrected chi connectivity index (χ0v) is 18.6. The van der Waals surface area contributed by atoms with Gasteiger partial charge in [-0.1, -0.05) is 93.5 Å². The zero-order valence-electron chi connectivity index (χ0n) is 17.6. The van der Waals surface area contributed by atoms with Crippen molar-refractivity contribution in [3.05, 3.63) is 78.8 Å². The molecule has 0 amide bonds. The van der Waals surface area contributed by atoms with Gasteiger partial charge in [0.15, 0.2) is 0 Å². The fourth-order valence-corrected chi connectivity index (χ4v) is 8.48. The Kier molecular flexibility index (Phi) is 5.63. The highest BCUT2D eigenvalue weighted by Crippen LogP contribution is 2.30. The van der Waals surface area contributed by atoms with Crippen LogP contribution in [0.15, 0.2) is 73.2 Å². The van der Waals surface area contributed by atoms with E-state index in [4.69, 9.17) is 4.98 Å². The van der Waals surface area contributed by atoms with Crippen LogP contribution in [0, 0.1) is 0 Å². The zero-order chi connectivity index (χ0) is 20.3. The molecular weight excluding hydrogens is 370 g/mol. The largest absolute Gasteiger partial charge is 0.340 e. The molecule has 2 aromatic heterocycles. The molecule has 0 N–H and O–H groups in total. The summed E-state index contributed by atoms with van der Waals surface area (Å²) in [6, 6.07) is 25.5. The van der Waals surface area contributed by atoms with Crippen LogP contribution in [0.3, 0.4) is 0 Å². The highest BCUT2D eigenvalue weighted by atomic mass is 28.3. The Morgan fingerprint density at radius 3 is 2.21 bits per heavy atom. The molecule has 29 heavy (non-hydrogen) atoms. The van der Waals surface area contributed by atoms with Gasteiger partial charge in [-0.2, -0.15) is 0 Å². The topological polar surface area (TPSA) is 30.7 Å². The second-order valence-electron chi connectivity index (χ2n) is 7.77. The molecular formula is C25H29N3Si. The second kappa shape index (κ2) is 8.33. The van der Waals surface area contributed by atoms with Gasteiger partial charge in [0.05, 0.1) is 24.8 Å². The first kappa shape index (κ1) is 19.6. The number of nitrogens with zero attached hydrogens (tertiary/aromatic N) is 3. The summed E-state index contributed by atoms with van der Waals surface area (Å²) in [6.07, 6.45) is 3.86. The van der Waals surface area contributed by atoms with E-state index in [1.165, 1.54) is 29.3 Å². The van der Waals surface area contributed by atoms with Crippen LogP contribution in [0.1, 0.15) is 26.3 Å². The summed E-state index contributed by atoms with van der Waals surface area (Å²) >= 11 is 0. The first-order valence-corrected chi connectivity index (χ1v) is 13.3. The number of benzene rings is 2. The maximum atomic E-state index is 4.82. The Balaban J connectivity index is 1.91. The van der Waals surface area contributed by atoms with Crippen LogP contribution in [-0.2, 0) is 6.54 Å². The van der Waals surface area contributed by atoms with E-state index >= 15 is 0 Å². The van der Waals surface area contributed by atoms with Crippen molar-refractivity contribution >= 4 is 24.3 Å². The van der Waals surface area contributed by atoms with Crippen molar-refractivity contribution in [2.75, 3.05) is 0 Å². The fraction of sp³-hybridized carbons (Fsp3) is 0.280. The SMILES string of the molecule is CC[Si](CC)(CC)c1ccccc1-c1ncnc2ccn(Cc3ccccc3)c12. The number of fused-ring (bicyclic) bond motifs is 1. The fourth-order valence-electron chi connectivity index (χ4n) is 4.62. The molecule has 0 atom stereocenters. The average Bonchev–Trinajstić information content (AvgIpc) is 3.19. The van der Waals surface area contributed by atoms with E-state index in [1.54, 1.807) is 11.5 Å². The molecule has 0 aliphatic carbocycles. The van der Waals surface area contributed by atoms with E-state index in [2.05, 4.69) is 97.2 Å². The molecule has 2 heterocycles. The van der Waals surface area contributed by atoms with Crippen molar-refractivity contribution in [3.63, 3.8) is 0 Å². The molecule has 0 spiro atoms. The lowest BCUT2D eigenvalue weighted by Gasteiger charge is -2.31. The predicted octanol–water partition coefficient (Wildman–Crippen LogP) is 5.86. The van der Waals surface area contributed by atoms with Gasteiger partial charge >= 0.3 is 0 Å². The molecule has 0 aliphatic rings. The van der Waals surface area contributed by atoms with Crippen LogP contribution in [0.5, 0.6) is 0 Å². The van der Waals surface area contributed by atoms with Gasteiger partial charge in [-0.25, -0.2) is 9.97 Å². The number of aromatic nitrogens is 3. The maximum Gasteiger partial charge on any atom is 0.116 e. The van der Waals surface area contributed by atoms with Gasteiger partial charge in [0, 0.05) is 18.3 Å². The molecule has 3 nitrogen and oxygen atoms in total. The molecule has 0 radical (unpaired) electrons. The molecule has 0 saturated carbocycles. The van der Waals surface area contributed by atoms with E-state index in [-0.39, 0.29) is 0 Å². The lowest BCUT2D eigenvalue weighted by Crippen LogP contribution is -2.46. The Hall–Kier alpha value is -2.72. The van der Waals surface area contributed by atoms with Crippen molar-refractivity contribution in [2.45, 2.75) is 45.4 Å². The van der Waals surface area contributed by atoms with Crippen molar-refractivity contribution in [1.29, 1.82) is 0 Å². The average molecular weight is 400 g/mol. The highest BCUT2D eigenvalue weighted by Gasteiger charge is 2.32. The molecule has 0 bridgehead atoms. The van der Waals surface area contributed by atoms with E-state index in [0.29, 0.717) is 0 Å². The number of rotatable bonds is 7. The molecule has 4 aromatic rings. The quantitative estimate of drug-likeness (QED) is 0.364. The molecule has 148 valence electrons. The first-order chi connectivity index (χ1) is 14.2. The van der Waals surface area contributed by atoms with Crippen LogP contribution < -0.4 is 5.19 Å². The summed E-state index contributed by atoms with van der Waals surface area (Å²) in [7, 11) is -1.55. The normalized spacial score (nSPS) is 11.8. The lowest BCUT2D eigenvalue weighted by atomic mass is 10.1. The standard InChI is InChI=1S/C25H29N3Si/c1-4-29(5-2,6-3)23-15-11-10-14-21(23)24-25-22(26-19-27-24)16-17-28(25)18-20-12-8-7-9-13-20/h7-17,19H,4-6,18H2,1-3H3. The van der Waals surface area contributed by atoms with Crippen LogP contribution in [0.4, 0.5) is 0 Å². The molecule has 0 saturated heterocycles. The van der Waals surface area contributed by atoms with Crippen molar-refractivity contribution in [1.82, 2.24) is 14.5 Å². The summed E-state index contributed by atoms with van der Waals surface area (Å²) in [5.41, 5.74) is 5.80. The third-order valence-electron chi connectivity index (χ3n) is 6.53. The minimum atomic E-state index is -1.55. The molecule has 4 heteroatoms. The van der Waals surface area contributed by atoms with Crippen molar-refractivity contribution < 1.29 is 0 Å². The van der Waals surface area contributed by atoms with Crippen LogP contribution >= 0.6 is 0 Å². The Labute approximate surface area is 174 Å². The molecule has 2 aromatic carbocycles. The smallest absolute Gasteiger partial charge is 0.116 e. The van der Waals surface area contributed by atoms with Crippen molar-refractivity contribution in [3.8, 4) is 11.3 Å². The van der Waals surface area contributed by atoms with E-state index in [0.717, 1.165) is 23.3 Å². The van der Waals surface area contributed by atoms with Gasteiger partial charge in [-0.05, 0) is 16.8 Å². The third-order valence-corrected chi connectivity index (χ3v) is 12.2. The molecule has 0 fully saturated rings. The monoisotopic (exact) mass is 399 g/mol. The van der Waals surface area contributed by atoms with Gasteiger partial charge in [-0.3, -0.25) is 0 Å². The van der Waals surface area contributed by atoms with E-state index in [9.17, 15) is 0 Å². The van der Waals surface area contributed by atoms with E-state index in [1.807, 2.05) is 0 Å². The minimum absolute atomic E-state index is 0.824. The molecule has 0 unspecified atom stereocenters. The summed E-state index contributed by atoms with van der Waals surface area (Å²) < 4.78 is 2.30. The maximum absolute atomic E-state index is 4.82. The van der Waals surface area contributed by atoms with E-state index < -0.39 is 8.07 Å². The Bertz CT molecular complexity index is 1090. The lowest BCUT2D eigenvalue weighted by molar-refractivity contribution is 0.835. The van der Waals surface area contributed by atoms with Crippen LogP contribution in [-0.4, -0.2) is 22.6 Å². The van der Waals surface area contributed by atoms with Gasteiger partial charge in [0.1, 0.15) is 6.33 Å². The number of hydrogen-bond donors (Lipinski definition) is 0. The first-order valence-electron chi connectivity index (χ1n) is 10.7. The predicted molar refractivity (Wildman–Crippen MR) is 125 cm³/mol. The third kappa shape index (κ3) is 3.53. The van der Waals surface area contributed by atoms with Gasteiger partial charge in [0.25, 0.3) is 0 Å². The van der Waals surface area contributed by atoms with Gasteiger partial charge in [0.2, 0.25) is 0 Å². The van der Waals surface area contributed by atoms with Crippen LogP contribution in [0.25, 0.3) is 22.3 Å². The number of hydrogen-bond acceptors (Lipinski definition) is 2. The summed E-state index contributed by atoms with van der Waals surface area (Å²) in [5, 5.41) is 1.54. The summed E-state index contributed by atoms with van der Waals surface area (Å²) in [5.74, 6) is 0. The Morgan fingerprint density at radius 1 is 0.793 bits per heavy atom. The highest BCUT2D eigenvalue weighted by molar-refractivity contribution is 6.92. The van der Waals surface area contributed by atoms with Gasteiger partial charge in [-0.15, -0.1) is 0 Å². The molecule has 0 aliphatic heterocycles. The summed E-state index contributed by atoms with van der Waals surface area (Å²) in [6.45, 7) is 7.92.